The Kier molecular flexibility index (Phi) is 4.49. The molecule has 0 atom stereocenters. The molecule has 0 radical (unpaired) electrons. The summed E-state index contributed by atoms with van der Waals surface area (Å²) in [5.41, 5.74) is -0.417. The van der Waals surface area contributed by atoms with Crippen LogP contribution in [-0.2, 0) is 6.61 Å². The first-order chi connectivity index (χ1) is 10.0. The molecule has 0 spiro atoms. The summed E-state index contributed by atoms with van der Waals surface area (Å²) in [4.78, 5) is 20.7. The molecule has 108 valence electrons. The molecule has 0 aromatic heterocycles. The van der Waals surface area contributed by atoms with Gasteiger partial charge in [0.25, 0.3) is 0 Å². The van der Waals surface area contributed by atoms with Gasteiger partial charge in [0.2, 0.25) is 5.82 Å². The number of ether oxygens (including phenoxy) is 1. The van der Waals surface area contributed by atoms with Crippen LogP contribution in [0.25, 0.3) is 0 Å². The molecule has 0 amide bonds. The van der Waals surface area contributed by atoms with Crippen molar-refractivity contribution in [1.82, 2.24) is 0 Å². The Balaban J connectivity index is 2.27. The summed E-state index contributed by atoms with van der Waals surface area (Å²) in [5.74, 6) is -0.859. The zero-order chi connectivity index (χ0) is 15.4. The zero-order valence-corrected chi connectivity index (χ0v) is 11.3. The van der Waals surface area contributed by atoms with Crippen molar-refractivity contribution in [2.24, 2.45) is 0 Å². The third-order valence-electron chi connectivity index (χ3n) is 2.75. The van der Waals surface area contributed by atoms with Crippen molar-refractivity contribution in [3.63, 3.8) is 0 Å². The maximum atomic E-state index is 13.9. The minimum Gasteiger partial charge on any atom is -0.486 e. The van der Waals surface area contributed by atoms with Gasteiger partial charge in [-0.2, -0.15) is 4.39 Å². The molecule has 0 bridgehead atoms. The summed E-state index contributed by atoms with van der Waals surface area (Å²) in [6.45, 7) is -0.280. The highest BCUT2D eigenvalue weighted by molar-refractivity contribution is 6.32. The van der Waals surface area contributed by atoms with Crippen molar-refractivity contribution in [2.45, 2.75) is 6.61 Å². The van der Waals surface area contributed by atoms with Crippen molar-refractivity contribution in [2.75, 3.05) is 0 Å². The normalized spacial score (nSPS) is 10.2. The quantitative estimate of drug-likeness (QED) is 0.479. The molecule has 2 rings (SSSR count). The van der Waals surface area contributed by atoms with Gasteiger partial charge in [-0.3, -0.25) is 14.9 Å². The van der Waals surface area contributed by atoms with Crippen molar-refractivity contribution in [1.29, 1.82) is 0 Å². The molecule has 0 N–H and O–H groups in total. The summed E-state index contributed by atoms with van der Waals surface area (Å²) < 4.78 is 19.2. The predicted octanol–water partition coefficient (Wildman–Crippen LogP) is 3.78. The molecule has 2 aromatic carbocycles. The van der Waals surface area contributed by atoms with Crippen LogP contribution in [0.4, 0.5) is 10.1 Å². The smallest absolute Gasteiger partial charge is 0.305 e. The van der Waals surface area contributed by atoms with Crippen LogP contribution >= 0.6 is 11.6 Å². The fourth-order valence-corrected chi connectivity index (χ4v) is 1.98. The molecule has 7 heteroatoms. The van der Waals surface area contributed by atoms with E-state index in [9.17, 15) is 19.3 Å². The van der Waals surface area contributed by atoms with E-state index in [0.29, 0.717) is 6.29 Å². The van der Waals surface area contributed by atoms with Gasteiger partial charge in [0.1, 0.15) is 12.4 Å². The van der Waals surface area contributed by atoms with E-state index in [1.54, 1.807) is 6.07 Å². The Morgan fingerprint density at radius 2 is 2.00 bits per heavy atom. The highest BCUT2D eigenvalue weighted by Gasteiger charge is 2.18. The van der Waals surface area contributed by atoms with Gasteiger partial charge >= 0.3 is 5.69 Å². The van der Waals surface area contributed by atoms with Crippen LogP contribution in [0.1, 0.15) is 15.9 Å². The first-order valence-electron chi connectivity index (χ1n) is 5.83. The minimum atomic E-state index is -0.970. The Hall–Kier alpha value is -2.47. The third-order valence-corrected chi connectivity index (χ3v) is 3.05. The molecule has 0 heterocycles. The van der Waals surface area contributed by atoms with Crippen LogP contribution in [0.5, 0.6) is 5.75 Å². The lowest BCUT2D eigenvalue weighted by atomic mass is 10.2. The molecule has 0 fully saturated rings. The van der Waals surface area contributed by atoms with Gasteiger partial charge < -0.3 is 4.74 Å². The summed E-state index contributed by atoms with van der Waals surface area (Å²) in [7, 11) is 0. The second kappa shape index (κ2) is 6.32. The number of benzene rings is 2. The fraction of sp³-hybridized carbons (Fsp3) is 0.0714. The van der Waals surface area contributed by atoms with E-state index in [4.69, 9.17) is 16.3 Å². The number of aldehydes is 1. The maximum Gasteiger partial charge on any atom is 0.305 e. The highest BCUT2D eigenvalue weighted by Crippen LogP contribution is 2.29. The molecular formula is C14H9ClFNO4. The van der Waals surface area contributed by atoms with Gasteiger partial charge in [0, 0.05) is 11.6 Å². The average Bonchev–Trinajstić information content (AvgIpc) is 2.46. The molecule has 0 saturated carbocycles. The molecule has 2 aromatic rings. The van der Waals surface area contributed by atoms with E-state index in [1.807, 2.05) is 0 Å². The molecule has 0 unspecified atom stereocenters. The van der Waals surface area contributed by atoms with E-state index in [-0.39, 0.29) is 28.5 Å². The lowest BCUT2D eigenvalue weighted by molar-refractivity contribution is -0.387. The minimum absolute atomic E-state index is 0.000897. The standard InChI is InChI=1S/C14H9ClFNO4/c15-11-5-1-3-9(7-18)14(11)21-8-10-4-2-6-12(13(10)16)17(19)20/h1-7H,8H2. The van der Waals surface area contributed by atoms with Crippen LogP contribution in [0.3, 0.4) is 0 Å². The monoisotopic (exact) mass is 309 g/mol. The summed E-state index contributed by atoms with van der Waals surface area (Å²) in [5, 5.41) is 10.9. The number of nitro benzene ring substituents is 1. The number of halogens is 2. The second-order valence-corrected chi connectivity index (χ2v) is 4.48. The molecule has 5 nitrogen and oxygen atoms in total. The Bertz CT molecular complexity index is 705. The van der Waals surface area contributed by atoms with Gasteiger partial charge in [-0.05, 0) is 12.1 Å². The van der Waals surface area contributed by atoms with Crippen molar-refractivity contribution in [3.8, 4) is 5.75 Å². The lowest BCUT2D eigenvalue weighted by Gasteiger charge is -2.10. The Labute approximate surface area is 124 Å². The van der Waals surface area contributed by atoms with E-state index < -0.39 is 16.4 Å². The molecule has 0 aliphatic carbocycles. The number of para-hydroxylation sites is 1. The average molecular weight is 310 g/mol. The van der Waals surface area contributed by atoms with E-state index >= 15 is 0 Å². The number of carbonyl (C=O) groups is 1. The van der Waals surface area contributed by atoms with Crippen molar-refractivity contribution in [3.05, 3.63) is 68.5 Å². The van der Waals surface area contributed by atoms with Gasteiger partial charge in [0.05, 0.1) is 15.5 Å². The summed E-state index contributed by atoms with van der Waals surface area (Å²) in [6.07, 6.45) is 0.561. The van der Waals surface area contributed by atoms with Crippen LogP contribution in [0.2, 0.25) is 5.02 Å². The Morgan fingerprint density at radius 1 is 1.29 bits per heavy atom. The molecular weight excluding hydrogens is 301 g/mol. The van der Waals surface area contributed by atoms with Crippen LogP contribution < -0.4 is 4.74 Å². The van der Waals surface area contributed by atoms with Crippen LogP contribution in [0.15, 0.2) is 36.4 Å². The van der Waals surface area contributed by atoms with E-state index in [0.717, 1.165) is 6.07 Å². The predicted molar refractivity (Wildman–Crippen MR) is 74.2 cm³/mol. The SMILES string of the molecule is O=Cc1cccc(Cl)c1OCc1cccc([N+](=O)[O-])c1F. The topological polar surface area (TPSA) is 69.4 Å². The van der Waals surface area contributed by atoms with E-state index in [1.165, 1.54) is 24.3 Å². The zero-order valence-electron chi connectivity index (χ0n) is 10.6. The molecule has 0 aliphatic heterocycles. The molecule has 0 aliphatic rings. The summed E-state index contributed by atoms with van der Waals surface area (Å²) in [6, 6.07) is 8.37. The third kappa shape index (κ3) is 3.17. The van der Waals surface area contributed by atoms with Crippen LogP contribution in [0, 0.1) is 15.9 Å². The molecule has 0 saturated heterocycles. The second-order valence-electron chi connectivity index (χ2n) is 4.07. The van der Waals surface area contributed by atoms with Gasteiger partial charge in [-0.25, -0.2) is 0 Å². The summed E-state index contributed by atoms with van der Waals surface area (Å²) >= 11 is 5.91. The number of rotatable bonds is 5. The Morgan fingerprint density at radius 3 is 2.67 bits per heavy atom. The first kappa shape index (κ1) is 14.9. The first-order valence-corrected chi connectivity index (χ1v) is 6.20. The number of carbonyl (C=O) groups excluding carboxylic acids is 1. The molecule has 21 heavy (non-hydrogen) atoms. The largest absolute Gasteiger partial charge is 0.486 e. The van der Waals surface area contributed by atoms with Gasteiger partial charge in [0.15, 0.2) is 6.29 Å². The highest BCUT2D eigenvalue weighted by atomic mass is 35.5. The fourth-order valence-electron chi connectivity index (χ4n) is 1.74. The number of nitrogens with zero attached hydrogens (tertiary/aromatic N) is 1. The van der Waals surface area contributed by atoms with Crippen molar-refractivity contribution >= 4 is 23.6 Å². The number of nitro groups is 1. The van der Waals surface area contributed by atoms with E-state index in [2.05, 4.69) is 0 Å². The van der Waals surface area contributed by atoms with Gasteiger partial charge in [-0.1, -0.05) is 29.8 Å². The van der Waals surface area contributed by atoms with Crippen molar-refractivity contribution < 1.29 is 18.8 Å². The maximum absolute atomic E-state index is 13.9. The van der Waals surface area contributed by atoms with Gasteiger partial charge in [-0.15, -0.1) is 0 Å². The number of hydrogen-bond acceptors (Lipinski definition) is 4. The lowest BCUT2D eigenvalue weighted by Crippen LogP contribution is -2.03. The van der Waals surface area contributed by atoms with Crippen LogP contribution in [-0.4, -0.2) is 11.2 Å². The number of hydrogen-bond donors (Lipinski definition) is 0.